The van der Waals surface area contributed by atoms with Crippen LogP contribution in [-0.2, 0) is 55.7 Å². The Kier molecular flexibility index (Phi) is 13.8. The molecular weight excluding hydrogens is 304 g/mol. The quantitative estimate of drug-likeness (QED) is 0.260. The molecule has 0 fully saturated rings. The molecule has 0 saturated carbocycles. The van der Waals surface area contributed by atoms with E-state index in [2.05, 4.69) is 14.8 Å². The maximum Gasteiger partial charge on any atom is 0.354 e. The van der Waals surface area contributed by atoms with Crippen LogP contribution in [0.25, 0.3) is 0 Å². The van der Waals surface area contributed by atoms with E-state index < -0.39 is 24.8 Å². The minimum absolute atomic E-state index is 0. The Labute approximate surface area is 132 Å². The summed E-state index contributed by atoms with van der Waals surface area (Å²) in [6.07, 6.45) is 0.893. The molecule has 0 bridgehead atoms. The van der Waals surface area contributed by atoms with Gasteiger partial charge in [0.05, 0.1) is 0 Å². The van der Waals surface area contributed by atoms with Crippen molar-refractivity contribution >= 4 is 23.5 Å². The summed E-state index contributed by atoms with van der Waals surface area (Å²) in [5.41, 5.74) is 0. The normalized spacial score (nSPS) is 9.30. The molecule has 8 heteroatoms. The number of rotatable bonds is 10. The second kappa shape index (κ2) is 13.0. The predicted molar refractivity (Wildman–Crippen MR) is 62.3 cm³/mol. The van der Waals surface area contributed by atoms with Gasteiger partial charge in [-0.05, 0) is 12.8 Å². The Bertz CT molecular complexity index is 309. The molecule has 20 heavy (non-hydrogen) atoms. The maximum absolute atomic E-state index is 11.1. The average Bonchev–Trinajstić information content (AvgIpc) is 2.28. The number of hydrogen-bond acceptors (Lipinski definition) is 7. The van der Waals surface area contributed by atoms with Crippen molar-refractivity contribution in [3.8, 4) is 0 Å². The third kappa shape index (κ3) is 12.0. The van der Waals surface area contributed by atoms with Crippen LogP contribution < -0.4 is 0 Å². The molecule has 0 aliphatic rings. The Balaban J connectivity index is 0. The van der Waals surface area contributed by atoms with Gasteiger partial charge in [0.15, 0.2) is 0 Å². The van der Waals surface area contributed by atoms with Gasteiger partial charge in [-0.1, -0.05) is 13.8 Å². The van der Waals surface area contributed by atoms with Gasteiger partial charge in [0.1, 0.15) is 24.4 Å². The van der Waals surface area contributed by atoms with Crippen molar-refractivity contribution in [2.75, 3.05) is 0 Å². The van der Waals surface area contributed by atoms with E-state index in [1.165, 1.54) is 0 Å². The largest absolute Gasteiger partial charge is 0.354 e. The first-order valence-corrected chi connectivity index (χ1v) is 6.09. The molecule has 0 radical (unpaired) electrons. The number of carbonyl (C=O) groups excluding carboxylic acids is 4. The van der Waals surface area contributed by atoms with E-state index in [0.29, 0.717) is 12.8 Å². The molecule has 0 unspecified atom stereocenters. The smallest absolute Gasteiger partial charge is 0.299 e. The van der Waals surface area contributed by atoms with Gasteiger partial charge >= 0.3 is 11.9 Å². The monoisotopic (exact) mass is 322 g/mol. The second-order valence-electron chi connectivity index (χ2n) is 3.91. The van der Waals surface area contributed by atoms with Crippen LogP contribution in [0.2, 0.25) is 0 Å². The molecule has 0 aromatic carbocycles. The van der Waals surface area contributed by atoms with Crippen LogP contribution in [-0.4, -0.2) is 23.5 Å². The minimum Gasteiger partial charge on any atom is -0.299 e. The molecule has 0 amide bonds. The summed E-state index contributed by atoms with van der Waals surface area (Å²) in [7, 11) is 0. The first-order chi connectivity index (χ1) is 8.99. The van der Waals surface area contributed by atoms with Crippen molar-refractivity contribution in [1.29, 1.82) is 0 Å². The van der Waals surface area contributed by atoms with Crippen LogP contribution >= 0.6 is 0 Å². The van der Waals surface area contributed by atoms with Crippen LogP contribution in [0.4, 0.5) is 0 Å². The molecule has 7 nitrogen and oxygen atoms in total. The fourth-order valence-corrected chi connectivity index (χ4v) is 1.21. The molecule has 0 spiro atoms. The van der Waals surface area contributed by atoms with Gasteiger partial charge in [-0.15, -0.1) is 0 Å². The van der Waals surface area contributed by atoms with Crippen LogP contribution in [0.15, 0.2) is 0 Å². The van der Waals surface area contributed by atoms with E-state index in [-0.39, 0.29) is 46.1 Å². The average molecular weight is 322 g/mol. The summed E-state index contributed by atoms with van der Waals surface area (Å²) in [6, 6.07) is 0. The molecule has 0 atom stereocenters. The SMILES string of the molecule is CCCC(=O)CC(=O)OOOC(=O)CC(=O)CCC.[Ti]. The van der Waals surface area contributed by atoms with E-state index in [1.807, 2.05) is 0 Å². The van der Waals surface area contributed by atoms with Crippen LogP contribution in [0.5, 0.6) is 0 Å². The number of Topliss-reactive ketones (excluding diaryl/α,β-unsaturated/α-hetero) is 2. The molecule has 0 aliphatic carbocycles. The Hall–Kier alpha value is -1.05. The van der Waals surface area contributed by atoms with Gasteiger partial charge in [0, 0.05) is 39.6 Å². The Morgan fingerprint density at radius 1 is 0.750 bits per heavy atom. The zero-order valence-electron chi connectivity index (χ0n) is 11.6. The molecule has 112 valence electrons. The van der Waals surface area contributed by atoms with Crippen molar-refractivity contribution in [3.63, 3.8) is 0 Å². The second-order valence-corrected chi connectivity index (χ2v) is 3.91. The molecule has 0 heterocycles. The van der Waals surface area contributed by atoms with E-state index >= 15 is 0 Å². The van der Waals surface area contributed by atoms with Crippen LogP contribution in [0.1, 0.15) is 52.4 Å². The third-order valence-electron chi connectivity index (χ3n) is 1.99. The van der Waals surface area contributed by atoms with Gasteiger partial charge in [0.2, 0.25) is 0 Å². The minimum atomic E-state index is -0.953. The molecular formula is C12H18O7Ti. The first kappa shape index (κ1) is 21.3. The van der Waals surface area contributed by atoms with Crippen molar-refractivity contribution in [2.45, 2.75) is 52.4 Å². The van der Waals surface area contributed by atoms with Gasteiger partial charge in [-0.2, -0.15) is 0 Å². The van der Waals surface area contributed by atoms with Crippen molar-refractivity contribution in [2.24, 2.45) is 0 Å². The van der Waals surface area contributed by atoms with Crippen LogP contribution in [0, 0.1) is 0 Å². The van der Waals surface area contributed by atoms with E-state index in [0.717, 1.165) is 0 Å². The topological polar surface area (TPSA) is 96.0 Å². The fraction of sp³-hybridized carbons (Fsp3) is 0.667. The summed E-state index contributed by atoms with van der Waals surface area (Å²) in [6.45, 7) is 3.60. The Morgan fingerprint density at radius 3 is 1.40 bits per heavy atom. The summed E-state index contributed by atoms with van der Waals surface area (Å²) in [5, 5.41) is 3.91. The summed E-state index contributed by atoms with van der Waals surface area (Å²) in [5.74, 6) is -2.49. The number of carbonyl (C=O) groups is 4. The number of hydrogen-bond donors (Lipinski definition) is 0. The standard InChI is InChI=1S/C12H18O7.Ti/c1-3-5-9(13)7-11(15)17-19-18-12(16)8-10(14)6-4-2;/h3-8H2,1-2H3;. The van der Waals surface area contributed by atoms with Gasteiger partial charge in [-0.3, -0.25) is 19.4 Å². The zero-order chi connectivity index (χ0) is 14.7. The summed E-state index contributed by atoms with van der Waals surface area (Å²) in [4.78, 5) is 52.2. The molecule has 0 aromatic heterocycles. The molecule has 0 aromatic rings. The van der Waals surface area contributed by atoms with Gasteiger partial charge in [-0.25, -0.2) is 9.59 Å². The third-order valence-corrected chi connectivity index (χ3v) is 1.99. The van der Waals surface area contributed by atoms with Crippen molar-refractivity contribution < 1.29 is 55.7 Å². The van der Waals surface area contributed by atoms with Crippen LogP contribution in [0.3, 0.4) is 0 Å². The molecule has 0 N–H and O–H groups in total. The van der Waals surface area contributed by atoms with E-state index in [9.17, 15) is 19.2 Å². The fourth-order valence-electron chi connectivity index (χ4n) is 1.21. The zero-order valence-corrected chi connectivity index (χ0v) is 13.2. The predicted octanol–water partition coefficient (Wildman–Crippen LogP) is 1.44. The van der Waals surface area contributed by atoms with Crippen molar-refractivity contribution in [3.05, 3.63) is 0 Å². The maximum atomic E-state index is 11.1. The number of ketones is 2. The van der Waals surface area contributed by atoms with Crippen molar-refractivity contribution in [1.82, 2.24) is 0 Å². The molecule has 0 aliphatic heterocycles. The Morgan fingerprint density at radius 2 is 1.10 bits per heavy atom. The molecule has 0 rings (SSSR count). The van der Waals surface area contributed by atoms with E-state index in [4.69, 9.17) is 0 Å². The summed E-state index contributed by atoms with van der Waals surface area (Å²) < 4.78 is 0. The van der Waals surface area contributed by atoms with Gasteiger partial charge in [0.25, 0.3) is 0 Å². The summed E-state index contributed by atoms with van der Waals surface area (Å²) >= 11 is 0. The first-order valence-electron chi connectivity index (χ1n) is 6.09. The molecule has 0 saturated heterocycles. The van der Waals surface area contributed by atoms with Gasteiger partial charge < -0.3 is 0 Å². The van der Waals surface area contributed by atoms with E-state index in [1.54, 1.807) is 13.8 Å².